The van der Waals surface area contributed by atoms with Crippen LogP contribution in [0.1, 0.15) is 21.9 Å². The molecule has 3 aromatic carbocycles. The maximum absolute atomic E-state index is 12.6. The van der Waals surface area contributed by atoms with E-state index in [4.69, 9.17) is 4.74 Å². The van der Waals surface area contributed by atoms with Crippen LogP contribution in [-0.4, -0.2) is 29.8 Å². The second-order valence-electron chi connectivity index (χ2n) is 8.34. The lowest BCUT2D eigenvalue weighted by molar-refractivity contribution is -0.139. The van der Waals surface area contributed by atoms with E-state index in [-0.39, 0.29) is 18.9 Å². The molecule has 1 aliphatic carbocycles. The van der Waals surface area contributed by atoms with Gasteiger partial charge in [0, 0.05) is 26.6 Å². The number of nitrogens with one attached hydrogen (secondary N) is 1. The van der Waals surface area contributed by atoms with E-state index in [0.717, 1.165) is 42.0 Å². The van der Waals surface area contributed by atoms with Crippen LogP contribution in [0, 0.1) is 0 Å². The lowest BCUT2D eigenvalue weighted by Gasteiger charge is -2.17. The van der Waals surface area contributed by atoms with Gasteiger partial charge in [-0.3, -0.25) is 0 Å². The van der Waals surface area contributed by atoms with Gasteiger partial charge in [-0.15, -0.1) is 11.3 Å². The number of ether oxygens (including phenoxy) is 1. The Balaban J connectivity index is 1.23. The highest BCUT2D eigenvalue weighted by atomic mass is 79.9. The number of carboxylic acid groups (broad SMARTS) is 1. The average molecular weight is 548 g/mol. The summed E-state index contributed by atoms with van der Waals surface area (Å²) in [5.74, 6) is -1.18. The van der Waals surface area contributed by atoms with Crippen LogP contribution in [0.15, 0.2) is 89.4 Å². The first kappa shape index (κ1) is 23.3. The Hall–Kier alpha value is -3.42. The van der Waals surface area contributed by atoms with Crippen molar-refractivity contribution in [2.75, 3.05) is 6.61 Å². The number of thiophene rings is 1. The minimum atomic E-state index is -1.10. The van der Waals surface area contributed by atoms with Crippen LogP contribution in [0.2, 0.25) is 0 Å². The van der Waals surface area contributed by atoms with Gasteiger partial charge in [-0.05, 0) is 52.1 Å². The Morgan fingerprint density at radius 1 is 0.914 bits per heavy atom. The van der Waals surface area contributed by atoms with Gasteiger partial charge in [-0.25, -0.2) is 9.59 Å². The number of rotatable bonds is 7. The molecular weight excluding hydrogens is 526 g/mol. The number of amides is 1. The summed E-state index contributed by atoms with van der Waals surface area (Å²) in [7, 11) is 0. The maximum Gasteiger partial charge on any atom is 0.407 e. The molecule has 1 unspecified atom stereocenters. The van der Waals surface area contributed by atoms with Crippen molar-refractivity contribution in [1.29, 1.82) is 0 Å². The third-order valence-electron chi connectivity index (χ3n) is 6.13. The van der Waals surface area contributed by atoms with Gasteiger partial charge in [0.25, 0.3) is 0 Å². The molecule has 0 saturated carbocycles. The van der Waals surface area contributed by atoms with Crippen molar-refractivity contribution in [3.05, 3.63) is 105 Å². The molecule has 0 spiro atoms. The highest BCUT2D eigenvalue weighted by molar-refractivity contribution is 9.10. The first-order chi connectivity index (χ1) is 17.0. The van der Waals surface area contributed by atoms with Crippen LogP contribution in [0.4, 0.5) is 4.79 Å². The minimum absolute atomic E-state index is 0.0813. The summed E-state index contributed by atoms with van der Waals surface area (Å²) < 4.78 is 6.53. The maximum atomic E-state index is 12.6. The molecule has 0 radical (unpaired) electrons. The van der Waals surface area contributed by atoms with Gasteiger partial charge in [0.1, 0.15) is 12.6 Å². The molecule has 176 valence electrons. The Labute approximate surface area is 215 Å². The zero-order valence-electron chi connectivity index (χ0n) is 18.6. The number of aliphatic carboxylic acids is 1. The molecule has 5 rings (SSSR count). The van der Waals surface area contributed by atoms with Gasteiger partial charge in [0.05, 0.1) is 0 Å². The molecule has 0 fully saturated rings. The molecule has 2 N–H and O–H groups in total. The van der Waals surface area contributed by atoms with Crippen LogP contribution < -0.4 is 5.32 Å². The number of hydrogen-bond acceptors (Lipinski definition) is 4. The van der Waals surface area contributed by atoms with Crippen molar-refractivity contribution in [3.8, 4) is 21.6 Å². The Kier molecular flexibility index (Phi) is 6.70. The number of carboxylic acids is 1. The summed E-state index contributed by atoms with van der Waals surface area (Å²) >= 11 is 4.94. The standard InChI is InChI=1S/C28H22BrNO4S/c29-18-11-9-17(10-12-18)26-14-13-19(35-26)15-25(27(31)32)30-28(33)34-16-24-22-7-3-1-5-20(22)21-6-2-4-8-23(21)24/h1-14,24-25H,15-16H2,(H,30,33)(H,31,32). The third-order valence-corrected chi connectivity index (χ3v) is 7.81. The van der Waals surface area contributed by atoms with Crippen LogP contribution in [0.3, 0.4) is 0 Å². The first-order valence-electron chi connectivity index (χ1n) is 11.2. The normalized spacial score (nSPS) is 13.1. The van der Waals surface area contributed by atoms with Gasteiger partial charge < -0.3 is 15.2 Å². The molecule has 1 aliphatic rings. The molecule has 5 nitrogen and oxygen atoms in total. The zero-order valence-corrected chi connectivity index (χ0v) is 21.0. The predicted octanol–water partition coefficient (Wildman–Crippen LogP) is 6.71. The Morgan fingerprint density at radius 2 is 1.54 bits per heavy atom. The number of carbonyl (C=O) groups is 2. The van der Waals surface area contributed by atoms with E-state index in [9.17, 15) is 14.7 Å². The number of fused-ring (bicyclic) bond motifs is 3. The number of hydrogen-bond donors (Lipinski definition) is 2. The SMILES string of the molecule is O=C(NC(Cc1ccc(-c2ccc(Br)cc2)s1)C(=O)O)OCC1c2ccccc2-c2ccccc21. The van der Waals surface area contributed by atoms with E-state index >= 15 is 0 Å². The number of benzene rings is 3. The quantitative estimate of drug-likeness (QED) is 0.269. The summed E-state index contributed by atoms with van der Waals surface area (Å²) in [5, 5.41) is 12.2. The van der Waals surface area contributed by atoms with Gasteiger partial charge in [-0.2, -0.15) is 0 Å². The first-order valence-corrected chi connectivity index (χ1v) is 12.8. The van der Waals surface area contributed by atoms with Gasteiger partial charge in [0.15, 0.2) is 0 Å². The topological polar surface area (TPSA) is 75.6 Å². The molecule has 0 aliphatic heterocycles. The fraction of sp³-hybridized carbons (Fsp3) is 0.143. The Bertz CT molecular complexity index is 1340. The number of halogens is 1. The Morgan fingerprint density at radius 3 is 2.17 bits per heavy atom. The largest absolute Gasteiger partial charge is 0.480 e. The van der Waals surface area contributed by atoms with E-state index in [1.807, 2.05) is 72.8 Å². The van der Waals surface area contributed by atoms with Gasteiger partial charge in [0.2, 0.25) is 0 Å². The van der Waals surface area contributed by atoms with Crippen molar-refractivity contribution in [3.63, 3.8) is 0 Å². The molecule has 1 heterocycles. The fourth-order valence-electron chi connectivity index (χ4n) is 4.44. The van der Waals surface area contributed by atoms with Crippen molar-refractivity contribution < 1.29 is 19.4 Å². The summed E-state index contributed by atoms with van der Waals surface area (Å²) in [6.45, 7) is 0.138. The minimum Gasteiger partial charge on any atom is -0.480 e. The van der Waals surface area contributed by atoms with E-state index in [2.05, 4.69) is 33.4 Å². The van der Waals surface area contributed by atoms with Gasteiger partial charge >= 0.3 is 12.1 Å². The van der Waals surface area contributed by atoms with E-state index in [1.54, 1.807) is 0 Å². The second kappa shape index (κ2) is 10.1. The average Bonchev–Trinajstić information content (AvgIpc) is 3.45. The van der Waals surface area contributed by atoms with Crippen LogP contribution in [-0.2, 0) is 16.0 Å². The zero-order chi connectivity index (χ0) is 24.4. The fourth-order valence-corrected chi connectivity index (χ4v) is 5.76. The summed E-state index contributed by atoms with van der Waals surface area (Å²) in [4.78, 5) is 26.4. The lowest BCUT2D eigenvalue weighted by atomic mass is 9.98. The van der Waals surface area contributed by atoms with Crippen molar-refractivity contribution >= 4 is 39.3 Å². The monoisotopic (exact) mass is 547 g/mol. The summed E-state index contributed by atoms with van der Waals surface area (Å²) in [6.07, 6.45) is -0.551. The molecule has 1 atom stereocenters. The van der Waals surface area contributed by atoms with E-state index in [1.165, 1.54) is 11.3 Å². The molecular formula is C28H22BrNO4S. The third kappa shape index (κ3) is 5.01. The van der Waals surface area contributed by atoms with Crippen LogP contribution >= 0.6 is 27.3 Å². The number of alkyl carbamates (subject to hydrolysis) is 1. The molecule has 7 heteroatoms. The molecule has 4 aromatic rings. The lowest BCUT2D eigenvalue weighted by Crippen LogP contribution is -2.42. The molecule has 0 saturated heterocycles. The van der Waals surface area contributed by atoms with Crippen LogP contribution in [0.25, 0.3) is 21.6 Å². The number of carbonyl (C=O) groups excluding carboxylic acids is 1. The smallest absolute Gasteiger partial charge is 0.407 e. The van der Waals surface area contributed by atoms with Crippen molar-refractivity contribution in [1.82, 2.24) is 5.32 Å². The van der Waals surface area contributed by atoms with Gasteiger partial charge in [-0.1, -0.05) is 76.6 Å². The molecule has 0 bridgehead atoms. The van der Waals surface area contributed by atoms with E-state index in [0.29, 0.717) is 0 Å². The molecule has 1 amide bonds. The predicted molar refractivity (Wildman–Crippen MR) is 141 cm³/mol. The molecule has 1 aromatic heterocycles. The molecule has 35 heavy (non-hydrogen) atoms. The summed E-state index contributed by atoms with van der Waals surface area (Å²) in [5.41, 5.74) is 5.55. The van der Waals surface area contributed by atoms with Crippen molar-refractivity contribution in [2.24, 2.45) is 0 Å². The van der Waals surface area contributed by atoms with Crippen molar-refractivity contribution in [2.45, 2.75) is 18.4 Å². The highest BCUT2D eigenvalue weighted by Crippen LogP contribution is 2.44. The summed E-state index contributed by atoms with van der Waals surface area (Å²) in [6, 6.07) is 26.9. The highest BCUT2D eigenvalue weighted by Gasteiger charge is 2.30. The van der Waals surface area contributed by atoms with E-state index < -0.39 is 18.1 Å². The van der Waals surface area contributed by atoms with Crippen LogP contribution in [0.5, 0.6) is 0 Å². The second-order valence-corrected chi connectivity index (χ2v) is 10.4.